The fourth-order valence-electron chi connectivity index (χ4n) is 2.52. The molecule has 3 rings (SSSR count). The van der Waals surface area contributed by atoms with Gasteiger partial charge in [-0.25, -0.2) is 14.2 Å². The van der Waals surface area contributed by atoms with Gasteiger partial charge in [0.2, 0.25) is 5.91 Å². The Hall–Kier alpha value is -2.28. The first-order valence-corrected chi connectivity index (χ1v) is 8.11. The summed E-state index contributed by atoms with van der Waals surface area (Å²) >= 11 is 1.27. The molecule has 1 amide bonds. The molecule has 0 spiro atoms. The zero-order chi connectivity index (χ0) is 16.4. The van der Waals surface area contributed by atoms with Crippen molar-refractivity contribution in [3.63, 3.8) is 0 Å². The number of hydrogen-bond donors (Lipinski definition) is 2. The minimum atomic E-state index is -1.05. The Bertz CT molecular complexity index is 738. The molecule has 0 atom stereocenters. The quantitative estimate of drug-likeness (QED) is 0.850. The lowest BCUT2D eigenvalue weighted by Gasteiger charge is -2.15. The van der Waals surface area contributed by atoms with Crippen LogP contribution in [0.2, 0.25) is 0 Å². The van der Waals surface area contributed by atoms with Gasteiger partial charge in [-0.05, 0) is 30.5 Å². The average molecular weight is 334 g/mol. The van der Waals surface area contributed by atoms with Gasteiger partial charge in [-0.15, -0.1) is 11.3 Å². The number of carboxylic acids is 1. The minimum Gasteiger partial charge on any atom is -0.476 e. The van der Waals surface area contributed by atoms with Crippen molar-refractivity contribution in [3.8, 4) is 0 Å². The van der Waals surface area contributed by atoms with Crippen LogP contribution in [0.1, 0.15) is 33.9 Å². The van der Waals surface area contributed by atoms with E-state index in [1.165, 1.54) is 28.8 Å². The first-order chi connectivity index (χ1) is 11.0. The van der Waals surface area contributed by atoms with Gasteiger partial charge in [0.1, 0.15) is 5.82 Å². The van der Waals surface area contributed by atoms with E-state index in [0.29, 0.717) is 18.0 Å². The molecule has 2 aromatic rings. The van der Waals surface area contributed by atoms with Crippen LogP contribution in [0.15, 0.2) is 29.6 Å². The Balaban J connectivity index is 1.57. The van der Waals surface area contributed by atoms with Crippen LogP contribution in [-0.2, 0) is 16.6 Å². The summed E-state index contributed by atoms with van der Waals surface area (Å²) < 4.78 is 13.0. The number of nitrogens with zero attached hydrogens (tertiary/aromatic N) is 1. The lowest BCUT2D eigenvalue weighted by Crippen LogP contribution is -2.35. The molecular formula is C16H15FN2O3S. The van der Waals surface area contributed by atoms with Crippen molar-refractivity contribution in [1.29, 1.82) is 0 Å². The lowest BCUT2D eigenvalue weighted by molar-refractivity contribution is -0.123. The lowest BCUT2D eigenvalue weighted by atomic mass is 9.95. The summed E-state index contributed by atoms with van der Waals surface area (Å²) in [7, 11) is 0. The second-order valence-electron chi connectivity index (χ2n) is 5.53. The Kier molecular flexibility index (Phi) is 4.12. The number of amides is 1. The molecule has 0 aliphatic heterocycles. The fourth-order valence-corrected chi connectivity index (χ4v) is 3.29. The molecule has 23 heavy (non-hydrogen) atoms. The van der Waals surface area contributed by atoms with E-state index in [0.717, 1.165) is 18.4 Å². The molecule has 1 aromatic heterocycles. The van der Waals surface area contributed by atoms with Crippen LogP contribution >= 0.6 is 11.3 Å². The Labute approximate surface area is 136 Å². The van der Waals surface area contributed by atoms with Gasteiger partial charge >= 0.3 is 5.97 Å². The fraction of sp³-hybridized carbons (Fsp3) is 0.312. The highest BCUT2D eigenvalue weighted by molar-refractivity contribution is 7.09. The number of thiazole rings is 1. The second kappa shape index (κ2) is 6.08. The highest BCUT2D eigenvalue weighted by Gasteiger charge is 2.50. The molecular weight excluding hydrogens is 319 g/mol. The van der Waals surface area contributed by atoms with Crippen LogP contribution in [0.25, 0.3) is 0 Å². The zero-order valence-corrected chi connectivity index (χ0v) is 13.0. The Morgan fingerprint density at radius 3 is 2.57 bits per heavy atom. The standard InChI is InChI=1S/C16H15FN2O3S/c17-11-3-1-10(2-4-11)16(6-7-16)15(22)18-8-5-13-19-12(9-23-13)14(20)21/h1-4,9H,5-8H2,(H,18,22)(H,20,21). The molecule has 1 aromatic carbocycles. The number of carboxylic acid groups (broad SMARTS) is 1. The summed E-state index contributed by atoms with van der Waals surface area (Å²) in [6.07, 6.45) is 2.00. The molecule has 0 saturated heterocycles. The first-order valence-electron chi connectivity index (χ1n) is 7.23. The third-order valence-electron chi connectivity index (χ3n) is 3.98. The van der Waals surface area contributed by atoms with Crippen LogP contribution in [0.5, 0.6) is 0 Å². The van der Waals surface area contributed by atoms with Crippen LogP contribution in [0, 0.1) is 5.82 Å². The summed E-state index contributed by atoms with van der Waals surface area (Å²) in [6.45, 7) is 0.397. The molecule has 120 valence electrons. The Morgan fingerprint density at radius 2 is 2.00 bits per heavy atom. The highest BCUT2D eigenvalue weighted by atomic mass is 32.1. The van der Waals surface area contributed by atoms with Crippen molar-refractivity contribution in [3.05, 3.63) is 51.7 Å². The maximum Gasteiger partial charge on any atom is 0.355 e. The first kappa shape index (κ1) is 15.6. The van der Waals surface area contributed by atoms with Gasteiger partial charge in [-0.1, -0.05) is 12.1 Å². The summed E-state index contributed by atoms with van der Waals surface area (Å²) in [5.74, 6) is -1.44. The maximum atomic E-state index is 13.0. The van der Waals surface area contributed by atoms with Gasteiger partial charge in [0, 0.05) is 18.3 Å². The highest BCUT2D eigenvalue weighted by Crippen LogP contribution is 2.48. The monoisotopic (exact) mass is 334 g/mol. The van der Waals surface area contributed by atoms with E-state index >= 15 is 0 Å². The van der Waals surface area contributed by atoms with Crippen LogP contribution in [0.4, 0.5) is 4.39 Å². The van der Waals surface area contributed by atoms with Crippen LogP contribution in [-0.4, -0.2) is 28.5 Å². The number of halogens is 1. The third kappa shape index (κ3) is 3.24. The molecule has 7 heteroatoms. The van der Waals surface area contributed by atoms with E-state index in [-0.39, 0.29) is 17.4 Å². The molecule has 1 fully saturated rings. The summed E-state index contributed by atoms with van der Waals surface area (Å²) in [4.78, 5) is 27.1. The van der Waals surface area contributed by atoms with E-state index in [4.69, 9.17) is 5.11 Å². The molecule has 1 aliphatic rings. The number of hydrogen-bond acceptors (Lipinski definition) is 4. The zero-order valence-electron chi connectivity index (χ0n) is 12.2. The van der Waals surface area contributed by atoms with E-state index in [2.05, 4.69) is 10.3 Å². The molecule has 0 bridgehead atoms. The number of benzene rings is 1. The maximum absolute atomic E-state index is 13.0. The SMILES string of the molecule is O=C(O)c1csc(CCNC(=O)C2(c3ccc(F)cc3)CC2)n1. The smallest absolute Gasteiger partial charge is 0.355 e. The van der Waals surface area contributed by atoms with Gasteiger partial charge in [-0.2, -0.15) is 0 Å². The Morgan fingerprint density at radius 1 is 1.30 bits per heavy atom. The molecule has 2 N–H and O–H groups in total. The largest absolute Gasteiger partial charge is 0.476 e. The van der Waals surface area contributed by atoms with Gasteiger partial charge in [0.05, 0.1) is 10.4 Å². The summed E-state index contributed by atoms with van der Waals surface area (Å²) in [5.41, 5.74) is 0.322. The van der Waals surface area contributed by atoms with Crippen molar-refractivity contribution in [1.82, 2.24) is 10.3 Å². The van der Waals surface area contributed by atoms with Crippen molar-refractivity contribution < 1.29 is 19.1 Å². The van der Waals surface area contributed by atoms with Crippen LogP contribution in [0.3, 0.4) is 0 Å². The molecule has 1 saturated carbocycles. The van der Waals surface area contributed by atoms with Crippen molar-refractivity contribution >= 4 is 23.2 Å². The molecule has 1 aliphatic carbocycles. The van der Waals surface area contributed by atoms with Gasteiger partial charge in [-0.3, -0.25) is 4.79 Å². The number of rotatable bonds is 6. The van der Waals surface area contributed by atoms with Crippen LogP contribution < -0.4 is 5.32 Å². The van der Waals surface area contributed by atoms with E-state index in [1.807, 2.05) is 0 Å². The number of carbonyl (C=O) groups is 2. The van der Waals surface area contributed by atoms with Crippen molar-refractivity contribution in [2.75, 3.05) is 6.54 Å². The topological polar surface area (TPSA) is 79.3 Å². The number of aromatic nitrogens is 1. The van der Waals surface area contributed by atoms with Crippen molar-refractivity contribution in [2.24, 2.45) is 0 Å². The molecule has 5 nitrogen and oxygen atoms in total. The van der Waals surface area contributed by atoms with Gasteiger partial charge < -0.3 is 10.4 Å². The van der Waals surface area contributed by atoms with Gasteiger partial charge in [0.25, 0.3) is 0 Å². The molecule has 0 unspecified atom stereocenters. The number of carbonyl (C=O) groups excluding carboxylic acids is 1. The third-order valence-corrected chi connectivity index (χ3v) is 4.89. The summed E-state index contributed by atoms with van der Waals surface area (Å²) in [5, 5.41) is 13.9. The predicted molar refractivity (Wildman–Crippen MR) is 83.1 cm³/mol. The second-order valence-corrected chi connectivity index (χ2v) is 6.47. The van der Waals surface area contributed by atoms with E-state index < -0.39 is 11.4 Å². The number of aromatic carboxylic acids is 1. The van der Waals surface area contributed by atoms with Crippen molar-refractivity contribution in [2.45, 2.75) is 24.7 Å². The van der Waals surface area contributed by atoms with Gasteiger partial charge in [0.15, 0.2) is 5.69 Å². The average Bonchev–Trinajstić information content (AvgIpc) is 3.20. The minimum absolute atomic E-state index is 0.0290. The normalized spacial score (nSPS) is 15.2. The molecule has 0 radical (unpaired) electrons. The summed E-state index contributed by atoms with van der Waals surface area (Å²) in [6, 6.07) is 6.04. The predicted octanol–water partition coefficient (Wildman–Crippen LogP) is 2.37. The van der Waals surface area contributed by atoms with E-state index in [9.17, 15) is 14.0 Å². The van der Waals surface area contributed by atoms with E-state index in [1.54, 1.807) is 12.1 Å². The molecule has 1 heterocycles. The number of nitrogens with one attached hydrogen (secondary N) is 1.